The number of aromatic amines is 1. The first kappa shape index (κ1) is 20.9. The summed E-state index contributed by atoms with van der Waals surface area (Å²) in [5, 5.41) is 3.62. The number of benzene rings is 5. The molecule has 3 heterocycles. The molecule has 4 nitrogen and oxygen atoms in total. The third kappa shape index (κ3) is 3.10. The van der Waals surface area contributed by atoms with E-state index < -0.39 is 0 Å². The quantitative estimate of drug-likeness (QED) is 0.272. The first-order valence-electron chi connectivity index (χ1n) is 12.8. The van der Waals surface area contributed by atoms with Crippen LogP contribution in [0.3, 0.4) is 0 Å². The first-order chi connectivity index (χ1) is 18.8. The number of aromatic nitrogens is 4. The summed E-state index contributed by atoms with van der Waals surface area (Å²) in [6, 6.07) is 44.4. The molecule has 3 aromatic heterocycles. The Bertz CT molecular complexity index is 2060. The van der Waals surface area contributed by atoms with Crippen molar-refractivity contribution in [2.45, 2.75) is 0 Å². The van der Waals surface area contributed by atoms with Crippen LogP contribution in [0.1, 0.15) is 0 Å². The van der Waals surface area contributed by atoms with Gasteiger partial charge in [0.25, 0.3) is 0 Å². The van der Waals surface area contributed by atoms with E-state index >= 15 is 0 Å². The molecule has 0 saturated heterocycles. The zero-order chi connectivity index (χ0) is 25.1. The monoisotopic (exact) mass is 486 g/mol. The molecular formula is C34H22N4. The minimum atomic E-state index is 0.726. The van der Waals surface area contributed by atoms with Crippen molar-refractivity contribution in [3.8, 4) is 28.3 Å². The van der Waals surface area contributed by atoms with Gasteiger partial charge in [0.1, 0.15) is 5.52 Å². The smallest absolute Gasteiger partial charge is 0.160 e. The first-order valence-corrected chi connectivity index (χ1v) is 12.8. The Labute approximate surface area is 218 Å². The third-order valence-corrected chi connectivity index (χ3v) is 7.36. The van der Waals surface area contributed by atoms with Crippen molar-refractivity contribution in [3.63, 3.8) is 0 Å². The van der Waals surface area contributed by atoms with Crippen molar-refractivity contribution in [1.29, 1.82) is 0 Å². The molecule has 0 aliphatic rings. The molecule has 0 amide bonds. The van der Waals surface area contributed by atoms with E-state index in [0.717, 1.165) is 50.3 Å². The van der Waals surface area contributed by atoms with E-state index in [1.807, 2.05) is 24.3 Å². The summed E-state index contributed by atoms with van der Waals surface area (Å²) >= 11 is 0. The highest BCUT2D eigenvalue weighted by molar-refractivity contribution is 6.10. The van der Waals surface area contributed by atoms with E-state index in [1.54, 1.807) is 0 Å². The van der Waals surface area contributed by atoms with Gasteiger partial charge in [0.2, 0.25) is 0 Å². The zero-order valence-electron chi connectivity index (χ0n) is 20.5. The lowest BCUT2D eigenvalue weighted by Gasteiger charge is -2.10. The molecule has 8 rings (SSSR count). The summed E-state index contributed by atoms with van der Waals surface area (Å²) in [5.41, 5.74) is 9.43. The van der Waals surface area contributed by atoms with Crippen LogP contribution < -0.4 is 0 Å². The highest BCUT2D eigenvalue weighted by atomic mass is 15.0. The molecule has 0 radical (unpaired) electrons. The van der Waals surface area contributed by atoms with Gasteiger partial charge in [-0.25, -0.2) is 9.97 Å². The molecule has 0 aliphatic heterocycles. The average Bonchev–Trinajstić information content (AvgIpc) is 3.53. The summed E-state index contributed by atoms with van der Waals surface area (Å²) in [5.74, 6) is 0.726. The van der Waals surface area contributed by atoms with Crippen LogP contribution in [0.25, 0.3) is 72.1 Å². The van der Waals surface area contributed by atoms with E-state index in [4.69, 9.17) is 9.97 Å². The van der Waals surface area contributed by atoms with E-state index in [2.05, 4.69) is 113 Å². The second-order valence-corrected chi connectivity index (χ2v) is 9.57. The molecule has 0 fully saturated rings. The molecule has 38 heavy (non-hydrogen) atoms. The second-order valence-electron chi connectivity index (χ2n) is 9.57. The van der Waals surface area contributed by atoms with Crippen LogP contribution in [0.5, 0.6) is 0 Å². The van der Waals surface area contributed by atoms with Crippen molar-refractivity contribution in [3.05, 3.63) is 127 Å². The topological polar surface area (TPSA) is 46.5 Å². The summed E-state index contributed by atoms with van der Waals surface area (Å²) in [6.45, 7) is 0. The van der Waals surface area contributed by atoms with Gasteiger partial charge in [-0.05, 0) is 30.3 Å². The maximum absolute atomic E-state index is 5.08. The molecule has 5 aromatic carbocycles. The molecule has 0 unspecified atom stereocenters. The van der Waals surface area contributed by atoms with Gasteiger partial charge in [0.15, 0.2) is 5.82 Å². The number of fused-ring (bicyclic) bond motifs is 6. The summed E-state index contributed by atoms with van der Waals surface area (Å²) < 4.78 is 2.34. The largest absolute Gasteiger partial charge is 0.351 e. The van der Waals surface area contributed by atoms with E-state index in [0.29, 0.717) is 0 Å². The number of H-pyrrole nitrogens is 1. The summed E-state index contributed by atoms with van der Waals surface area (Å²) in [6.07, 6.45) is 0. The van der Waals surface area contributed by atoms with Crippen molar-refractivity contribution in [2.24, 2.45) is 0 Å². The highest BCUT2D eigenvalue weighted by Crippen LogP contribution is 2.35. The normalized spacial score (nSPS) is 11.7. The van der Waals surface area contributed by atoms with Crippen LogP contribution in [0, 0.1) is 0 Å². The Morgan fingerprint density at radius 2 is 1.11 bits per heavy atom. The van der Waals surface area contributed by atoms with Gasteiger partial charge in [0.05, 0.1) is 22.2 Å². The maximum atomic E-state index is 5.08. The Morgan fingerprint density at radius 1 is 0.500 bits per heavy atom. The highest BCUT2D eigenvalue weighted by Gasteiger charge is 2.17. The minimum Gasteiger partial charge on any atom is -0.351 e. The standard InChI is InChI=1S/C34H22N4/c1-2-10-23(11-3-1)34-36-31(33-32(37-34)27-14-4-7-15-28(27)35-33)22-18-20-24(21-19-22)38-29-16-8-5-12-25(29)26-13-6-9-17-30(26)38/h1-21,35H. The Kier molecular flexibility index (Phi) is 4.49. The summed E-state index contributed by atoms with van der Waals surface area (Å²) in [4.78, 5) is 13.7. The third-order valence-electron chi connectivity index (χ3n) is 7.36. The molecular weight excluding hydrogens is 464 g/mol. The van der Waals surface area contributed by atoms with Crippen LogP contribution in [0.15, 0.2) is 127 Å². The van der Waals surface area contributed by atoms with E-state index in [-0.39, 0.29) is 0 Å². The predicted octanol–water partition coefficient (Wildman–Crippen LogP) is 8.54. The number of para-hydroxylation sites is 3. The minimum absolute atomic E-state index is 0.726. The molecule has 4 heteroatoms. The SMILES string of the molecule is c1ccc(-c2nc(-c3ccc(-n4c5ccccc5c5ccccc54)cc3)c3[nH]c4ccccc4c3n2)cc1. The molecule has 0 saturated carbocycles. The maximum Gasteiger partial charge on any atom is 0.160 e. The summed E-state index contributed by atoms with van der Waals surface area (Å²) in [7, 11) is 0. The van der Waals surface area contributed by atoms with Crippen molar-refractivity contribution in [1.82, 2.24) is 19.5 Å². The van der Waals surface area contributed by atoms with Crippen LogP contribution in [-0.4, -0.2) is 19.5 Å². The van der Waals surface area contributed by atoms with E-state index in [1.165, 1.54) is 21.8 Å². The lowest BCUT2D eigenvalue weighted by Crippen LogP contribution is -1.96. The van der Waals surface area contributed by atoms with Gasteiger partial charge in [-0.15, -0.1) is 0 Å². The molecule has 0 aliphatic carbocycles. The van der Waals surface area contributed by atoms with Crippen LogP contribution >= 0.6 is 0 Å². The number of nitrogens with zero attached hydrogens (tertiary/aromatic N) is 3. The van der Waals surface area contributed by atoms with E-state index in [9.17, 15) is 0 Å². The van der Waals surface area contributed by atoms with Gasteiger partial charge >= 0.3 is 0 Å². The van der Waals surface area contributed by atoms with Crippen LogP contribution in [-0.2, 0) is 0 Å². The predicted molar refractivity (Wildman–Crippen MR) is 157 cm³/mol. The molecule has 8 aromatic rings. The Balaban J connectivity index is 1.34. The van der Waals surface area contributed by atoms with Crippen LogP contribution in [0.4, 0.5) is 0 Å². The average molecular weight is 487 g/mol. The van der Waals surface area contributed by atoms with Crippen molar-refractivity contribution in [2.75, 3.05) is 0 Å². The molecule has 0 spiro atoms. The number of rotatable bonds is 3. The fourth-order valence-electron chi connectivity index (χ4n) is 5.60. The molecule has 0 atom stereocenters. The number of hydrogen-bond donors (Lipinski definition) is 1. The molecule has 1 N–H and O–H groups in total. The second kappa shape index (κ2) is 8.15. The fourth-order valence-corrected chi connectivity index (χ4v) is 5.60. The molecule has 178 valence electrons. The van der Waals surface area contributed by atoms with Gasteiger partial charge in [-0.1, -0.05) is 97.1 Å². The number of nitrogens with one attached hydrogen (secondary N) is 1. The zero-order valence-corrected chi connectivity index (χ0v) is 20.5. The van der Waals surface area contributed by atoms with Gasteiger partial charge in [0, 0.05) is 38.5 Å². The fraction of sp³-hybridized carbons (Fsp3) is 0. The van der Waals surface area contributed by atoms with Crippen molar-refractivity contribution < 1.29 is 0 Å². The lowest BCUT2D eigenvalue weighted by molar-refractivity contribution is 1.18. The van der Waals surface area contributed by atoms with Gasteiger partial charge < -0.3 is 9.55 Å². The Hall–Kier alpha value is -5.22. The lowest BCUT2D eigenvalue weighted by atomic mass is 10.1. The molecule has 0 bridgehead atoms. The number of hydrogen-bond acceptors (Lipinski definition) is 2. The van der Waals surface area contributed by atoms with Crippen molar-refractivity contribution >= 4 is 43.7 Å². The Morgan fingerprint density at radius 3 is 1.82 bits per heavy atom. The van der Waals surface area contributed by atoms with Crippen LogP contribution in [0.2, 0.25) is 0 Å². The van der Waals surface area contributed by atoms with Gasteiger partial charge in [-0.3, -0.25) is 0 Å². The van der Waals surface area contributed by atoms with Gasteiger partial charge in [-0.2, -0.15) is 0 Å².